The summed E-state index contributed by atoms with van der Waals surface area (Å²) in [5, 5.41) is 2.87. The van der Waals surface area contributed by atoms with Gasteiger partial charge in [-0.25, -0.2) is 4.98 Å². The molecule has 16 heavy (non-hydrogen) atoms. The third kappa shape index (κ3) is 2.41. The molecule has 1 aromatic heterocycles. The highest BCUT2D eigenvalue weighted by molar-refractivity contribution is 5.86. The fourth-order valence-corrected chi connectivity index (χ4v) is 1.79. The zero-order chi connectivity index (χ0) is 11.6. The van der Waals surface area contributed by atoms with E-state index in [1.165, 1.54) is 0 Å². The molecule has 1 atom stereocenters. The van der Waals surface area contributed by atoms with Crippen LogP contribution in [-0.2, 0) is 11.2 Å². The minimum atomic E-state index is -0.700. The van der Waals surface area contributed by atoms with Crippen LogP contribution in [0.3, 0.4) is 0 Å². The van der Waals surface area contributed by atoms with Gasteiger partial charge in [0.15, 0.2) is 0 Å². The standard InChI is InChI=1S/C11H18N4O/c1-11(12,8-2-3-8)10(16)14-5-4-9-6-13-7-15-9/h6-8H,2-5,12H2,1H3,(H,13,15)(H,14,16). The predicted molar refractivity (Wildman–Crippen MR) is 60.6 cm³/mol. The van der Waals surface area contributed by atoms with E-state index in [-0.39, 0.29) is 5.91 Å². The molecule has 0 aliphatic heterocycles. The molecule has 1 aliphatic rings. The van der Waals surface area contributed by atoms with E-state index in [4.69, 9.17) is 5.73 Å². The first-order valence-electron chi connectivity index (χ1n) is 5.65. The fraction of sp³-hybridized carbons (Fsp3) is 0.636. The monoisotopic (exact) mass is 222 g/mol. The molecule has 88 valence electrons. The molecule has 4 N–H and O–H groups in total. The van der Waals surface area contributed by atoms with Crippen LogP contribution in [0.4, 0.5) is 0 Å². The van der Waals surface area contributed by atoms with Gasteiger partial charge >= 0.3 is 0 Å². The first-order valence-corrected chi connectivity index (χ1v) is 5.65. The van der Waals surface area contributed by atoms with Crippen LogP contribution in [0, 0.1) is 5.92 Å². The van der Waals surface area contributed by atoms with Gasteiger partial charge in [0.1, 0.15) is 0 Å². The Bertz CT molecular complexity index is 354. The molecule has 2 rings (SSSR count). The average Bonchev–Trinajstić information content (AvgIpc) is 2.99. The molecule has 1 amide bonds. The third-order valence-corrected chi connectivity index (χ3v) is 3.15. The van der Waals surface area contributed by atoms with Gasteiger partial charge in [-0.05, 0) is 25.7 Å². The maximum Gasteiger partial charge on any atom is 0.240 e. The van der Waals surface area contributed by atoms with E-state index in [0.717, 1.165) is 25.0 Å². The lowest BCUT2D eigenvalue weighted by Crippen LogP contribution is -2.53. The molecule has 1 saturated carbocycles. The number of imidazole rings is 1. The number of hydrogen-bond acceptors (Lipinski definition) is 3. The second-order valence-electron chi connectivity index (χ2n) is 4.64. The van der Waals surface area contributed by atoms with Crippen LogP contribution >= 0.6 is 0 Å². The minimum absolute atomic E-state index is 0.0467. The van der Waals surface area contributed by atoms with Gasteiger partial charge in [0, 0.05) is 24.9 Å². The molecule has 0 radical (unpaired) electrons. The maximum atomic E-state index is 11.8. The first kappa shape index (κ1) is 11.1. The third-order valence-electron chi connectivity index (χ3n) is 3.15. The topological polar surface area (TPSA) is 83.8 Å². The molecule has 1 aromatic rings. The number of hydrogen-bond donors (Lipinski definition) is 3. The van der Waals surface area contributed by atoms with Gasteiger partial charge < -0.3 is 16.0 Å². The van der Waals surface area contributed by atoms with Gasteiger partial charge in [0.2, 0.25) is 5.91 Å². The highest BCUT2D eigenvalue weighted by atomic mass is 16.2. The summed E-state index contributed by atoms with van der Waals surface area (Å²) in [5.41, 5.74) is 6.31. The van der Waals surface area contributed by atoms with Crippen molar-refractivity contribution < 1.29 is 4.79 Å². The molecule has 5 nitrogen and oxygen atoms in total. The van der Waals surface area contributed by atoms with Crippen molar-refractivity contribution in [3.8, 4) is 0 Å². The Morgan fingerprint density at radius 2 is 2.50 bits per heavy atom. The Kier molecular flexibility index (Phi) is 2.96. The summed E-state index contributed by atoms with van der Waals surface area (Å²) in [4.78, 5) is 18.7. The SMILES string of the molecule is CC(N)(C(=O)NCCc1cnc[nH]1)C1CC1. The Balaban J connectivity index is 1.75. The van der Waals surface area contributed by atoms with E-state index >= 15 is 0 Å². The van der Waals surface area contributed by atoms with Crippen molar-refractivity contribution in [2.75, 3.05) is 6.54 Å². The molecule has 5 heteroatoms. The quantitative estimate of drug-likeness (QED) is 0.665. The molecule has 0 spiro atoms. The lowest BCUT2D eigenvalue weighted by atomic mass is 9.96. The van der Waals surface area contributed by atoms with Gasteiger partial charge in [-0.15, -0.1) is 0 Å². The molecular formula is C11H18N4O. The van der Waals surface area contributed by atoms with Crippen molar-refractivity contribution in [1.82, 2.24) is 15.3 Å². The largest absolute Gasteiger partial charge is 0.354 e. The number of carbonyl (C=O) groups is 1. The van der Waals surface area contributed by atoms with Gasteiger partial charge in [-0.3, -0.25) is 4.79 Å². The van der Waals surface area contributed by atoms with Gasteiger partial charge in [0.25, 0.3) is 0 Å². The van der Waals surface area contributed by atoms with Crippen LogP contribution in [0.1, 0.15) is 25.5 Å². The van der Waals surface area contributed by atoms with Gasteiger partial charge in [-0.2, -0.15) is 0 Å². The smallest absolute Gasteiger partial charge is 0.240 e. The number of nitrogens with one attached hydrogen (secondary N) is 2. The predicted octanol–water partition coefficient (Wildman–Crippen LogP) is 0.196. The minimum Gasteiger partial charge on any atom is -0.354 e. The van der Waals surface area contributed by atoms with Crippen LogP contribution in [0.25, 0.3) is 0 Å². The molecular weight excluding hydrogens is 204 g/mol. The number of amides is 1. The number of H-pyrrole nitrogens is 1. The van der Waals surface area contributed by atoms with Gasteiger partial charge in [-0.1, -0.05) is 0 Å². The summed E-state index contributed by atoms with van der Waals surface area (Å²) in [7, 11) is 0. The van der Waals surface area contributed by atoms with Crippen LogP contribution in [0.2, 0.25) is 0 Å². The second-order valence-corrected chi connectivity index (χ2v) is 4.64. The zero-order valence-corrected chi connectivity index (χ0v) is 9.49. The molecule has 0 saturated heterocycles. The lowest BCUT2D eigenvalue weighted by Gasteiger charge is -2.22. The van der Waals surface area contributed by atoms with E-state index in [9.17, 15) is 4.79 Å². The van der Waals surface area contributed by atoms with Crippen molar-refractivity contribution in [1.29, 1.82) is 0 Å². The van der Waals surface area contributed by atoms with Crippen LogP contribution < -0.4 is 11.1 Å². The Hall–Kier alpha value is -1.36. The van der Waals surface area contributed by atoms with Crippen molar-refractivity contribution in [3.05, 3.63) is 18.2 Å². The zero-order valence-electron chi connectivity index (χ0n) is 9.49. The van der Waals surface area contributed by atoms with Crippen LogP contribution in [0.5, 0.6) is 0 Å². The Labute approximate surface area is 94.8 Å². The summed E-state index contributed by atoms with van der Waals surface area (Å²) in [6.45, 7) is 2.41. The van der Waals surface area contributed by atoms with E-state index in [1.54, 1.807) is 12.5 Å². The number of aromatic amines is 1. The normalized spacial score (nSPS) is 19.1. The second kappa shape index (κ2) is 4.25. The highest BCUT2D eigenvalue weighted by Crippen LogP contribution is 2.37. The molecule has 1 aliphatic carbocycles. The Morgan fingerprint density at radius 3 is 3.06 bits per heavy atom. The molecule has 0 aromatic carbocycles. The highest BCUT2D eigenvalue weighted by Gasteiger charge is 2.43. The number of carbonyl (C=O) groups excluding carboxylic acids is 1. The number of nitrogens with zero attached hydrogens (tertiary/aromatic N) is 1. The van der Waals surface area contributed by atoms with Crippen molar-refractivity contribution in [3.63, 3.8) is 0 Å². The number of nitrogens with two attached hydrogens (primary N) is 1. The van der Waals surface area contributed by atoms with E-state index < -0.39 is 5.54 Å². The van der Waals surface area contributed by atoms with Crippen molar-refractivity contribution >= 4 is 5.91 Å². The summed E-state index contributed by atoms with van der Waals surface area (Å²) >= 11 is 0. The first-order chi connectivity index (χ1) is 7.60. The van der Waals surface area contributed by atoms with E-state index in [1.807, 2.05) is 6.92 Å². The van der Waals surface area contributed by atoms with E-state index in [2.05, 4.69) is 15.3 Å². The van der Waals surface area contributed by atoms with Crippen molar-refractivity contribution in [2.45, 2.75) is 31.7 Å². The molecule has 1 unspecified atom stereocenters. The van der Waals surface area contributed by atoms with Crippen molar-refractivity contribution in [2.24, 2.45) is 11.7 Å². The number of aromatic nitrogens is 2. The fourth-order valence-electron chi connectivity index (χ4n) is 1.79. The lowest BCUT2D eigenvalue weighted by molar-refractivity contribution is -0.126. The maximum absolute atomic E-state index is 11.8. The molecule has 1 fully saturated rings. The number of rotatable bonds is 5. The van der Waals surface area contributed by atoms with Crippen LogP contribution in [-0.4, -0.2) is 28.0 Å². The Morgan fingerprint density at radius 1 is 1.75 bits per heavy atom. The molecule has 1 heterocycles. The van der Waals surface area contributed by atoms with Crippen LogP contribution in [0.15, 0.2) is 12.5 Å². The average molecular weight is 222 g/mol. The summed E-state index contributed by atoms with van der Waals surface area (Å²) < 4.78 is 0. The summed E-state index contributed by atoms with van der Waals surface area (Å²) in [6, 6.07) is 0. The summed E-state index contributed by atoms with van der Waals surface area (Å²) in [6.07, 6.45) is 6.29. The van der Waals surface area contributed by atoms with Gasteiger partial charge in [0.05, 0.1) is 11.9 Å². The van der Waals surface area contributed by atoms with E-state index in [0.29, 0.717) is 12.5 Å². The molecule has 0 bridgehead atoms. The summed E-state index contributed by atoms with van der Waals surface area (Å²) in [5.74, 6) is 0.314.